The van der Waals surface area contributed by atoms with Crippen LogP contribution in [-0.2, 0) is 13.0 Å². The summed E-state index contributed by atoms with van der Waals surface area (Å²) in [6, 6.07) is 9.84. The van der Waals surface area contributed by atoms with Crippen LogP contribution in [0.5, 0.6) is 5.75 Å². The predicted octanol–water partition coefficient (Wildman–Crippen LogP) is 2.87. The summed E-state index contributed by atoms with van der Waals surface area (Å²) in [6.45, 7) is 5.04. The predicted molar refractivity (Wildman–Crippen MR) is 106 cm³/mol. The lowest BCUT2D eigenvalue weighted by Gasteiger charge is -2.30. The standard InChI is InChI=1S/C21H23N5O2/c1-13(27)21-22-10-8-19(25-21)26-11-9-17-18(12-26)23-14(2)24-20(17)15-4-6-16(28-3)7-5-15/h4-8,10,13,27H,9,11-12H2,1-3H3/t13-/m1/s1. The molecule has 1 atom stereocenters. The molecule has 3 aromatic rings. The number of benzene rings is 1. The van der Waals surface area contributed by atoms with Gasteiger partial charge < -0.3 is 14.7 Å². The van der Waals surface area contributed by atoms with Gasteiger partial charge in [0, 0.05) is 23.9 Å². The molecule has 3 heterocycles. The molecule has 0 fully saturated rings. The van der Waals surface area contributed by atoms with Crippen LogP contribution in [0.1, 0.15) is 35.9 Å². The molecular weight excluding hydrogens is 354 g/mol. The second-order valence-corrected chi connectivity index (χ2v) is 6.89. The van der Waals surface area contributed by atoms with E-state index in [1.165, 1.54) is 5.56 Å². The van der Waals surface area contributed by atoms with Crippen molar-refractivity contribution in [3.63, 3.8) is 0 Å². The number of aryl methyl sites for hydroxylation is 1. The Labute approximate surface area is 164 Å². The summed E-state index contributed by atoms with van der Waals surface area (Å²) in [5.41, 5.74) is 4.24. The number of nitrogens with zero attached hydrogens (tertiary/aromatic N) is 5. The first kappa shape index (κ1) is 18.3. The fourth-order valence-electron chi connectivity index (χ4n) is 3.48. The Kier molecular flexibility index (Phi) is 4.92. The van der Waals surface area contributed by atoms with Gasteiger partial charge in [-0.05, 0) is 50.6 Å². The van der Waals surface area contributed by atoms with Gasteiger partial charge in [-0.3, -0.25) is 0 Å². The zero-order valence-corrected chi connectivity index (χ0v) is 16.3. The van der Waals surface area contributed by atoms with Crippen LogP contribution in [0.4, 0.5) is 5.82 Å². The Morgan fingerprint density at radius 3 is 2.61 bits per heavy atom. The molecule has 7 heteroatoms. The van der Waals surface area contributed by atoms with Crippen molar-refractivity contribution < 1.29 is 9.84 Å². The van der Waals surface area contributed by atoms with Gasteiger partial charge in [-0.1, -0.05) is 0 Å². The summed E-state index contributed by atoms with van der Waals surface area (Å²) in [5, 5.41) is 9.77. The van der Waals surface area contributed by atoms with E-state index in [-0.39, 0.29) is 0 Å². The lowest BCUT2D eigenvalue weighted by molar-refractivity contribution is 0.189. The molecule has 0 unspecified atom stereocenters. The molecule has 0 amide bonds. The van der Waals surface area contributed by atoms with Gasteiger partial charge in [0.15, 0.2) is 5.82 Å². The average molecular weight is 377 g/mol. The van der Waals surface area contributed by atoms with Gasteiger partial charge in [0.25, 0.3) is 0 Å². The van der Waals surface area contributed by atoms with Gasteiger partial charge in [0.05, 0.1) is 25.0 Å². The minimum atomic E-state index is -0.691. The van der Waals surface area contributed by atoms with Crippen molar-refractivity contribution in [2.75, 3.05) is 18.6 Å². The first-order chi connectivity index (χ1) is 13.5. The van der Waals surface area contributed by atoms with Crippen molar-refractivity contribution in [1.82, 2.24) is 19.9 Å². The second-order valence-electron chi connectivity index (χ2n) is 6.89. The maximum atomic E-state index is 9.77. The van der Waals surface area contributed by atoms with E-state index >= 15 is 0 Å². The molecule has 0 spiro atoms. The minimum absolute atomic E-state index is 0.432. The second kappa shape index (κ2) is 7.52. The van der Waals surface area contributed by atoms with E-state index in [2.05, 4.69) is 14.9 Å². The normalized spacial score (nSPS) is 14.5. The Morgan fingerprint density at radius 1 is 1.11 bits per heavy atom. The van der Waals surface area contributed by atoms with Gasteiger partial charge in [-0.25, -0.2) is 19.9 Å². The summed E-state index contributed by atoms with van der Waals surface area (Å²) in [7, 11) is 1.66. The Balaban J connectivity index is 1.68. The van der Waals surface area contributed by atoms with Gasteiger partial charge in [-0.2, -0.15) is 0 Å². The number of ether oxygens (including phenoxy) is 1. The molecular formula is C21H23N5O2. The number of hydrogen-bond acceptors (Lipinski definition) is 7. The van der Waals surface area contributed by atoms with Gasteiger partial charge >= 0.3 is 0 Å². The highest BCUT2D eigenvalue weighted by atomic mass is 16.5. The Hall–Kier alpha value is -3.06. The van der Waals surface area contributed by atoms with Crippen molar-refractivity contribution in [2.24, 2.45) is 0 Å². The van der Waals surface area contributed by atoms with Crippen LogP contribution in [0, 0.1) is 6.92 Å². The van der Waals surface area contributed by atoms with E-state index in [0.29, 0.717) is 12.4 Å². The number of rotatable bonds is 4. The lowest BCUT2D eigenvalue weighted by atomic mass is 9.98. The summed E-state index contributed by atoms with van der Waals surface area (Å²) in [5.74, 6) is 2.81. The SMILES string of the molecule is COc1ccc(-c2nc(C)nc3c2CCN(c2ccnc([C@@H](C)O)n2)C3)cc1. The lowest BCUT2D eigenvalue weighted by Crippen LogP contribution is -2.33. The molecule has 0 aliphatic carbocycles. The van der Waals surface area contributed by atoms with Crippen molar-refractivity contribution >= 4 is 5.82 Å². The quantitative estimate of drug-likeness (QED) is 0.748. The molecule has 1 aliphatic heterocycles. The molecule has 28 heavy (non-hydrogen) atoms. The van der Waals surface area contributed by atoms with E-state index in [1.807, 2.05) is 37.3 Å². The smallest absolute Gasteiger partial charge is 0.158 e. The zero-order chi connectivity index (χ0) is 19.7. The molecule has 0 saturated carbocycles. The molecule has 1 aromatic carbocycles. The molecule has 144 valence electrons. The molecule has 7 nitrogen and oxygen atoms in total. The summed E-state index contributed by atoms with van der Waals surface area (Å²) < 4.78 is 5.26. The van der Waals surface area contributed by atoms with Crippen LogP contribution in [0.2, 0.25) is 0 Å². The van der Waals surface area contributed by atoms with Crippen LogP contribution < -0.4 is 9.64 Å². The molecule has 1 aliphatic rings. The van der Waals surface area contributed by atoms with Crippen molar-refractivity contribution in [1.29, 1.82) is 0 Å². The van der Waals surface area contributed by atoms with E-state index in [0.717, 1.165) is 47.3 Å². The topological polar surface area (TPSA) is 84.3 Å². The highest BCUT2D eigenvalue weighted by Gasteiger charge is 2.24. The van der Waals surface area contributed by atoms with Crippen LogP contribution in [0.15, 0.2) is 36.5 Å². The number of methoxy groups -OCH3 is 1. The molecule has 1 N–H and O–H groups in total. The molecule has 4 rings (SSSR count). The summed E-state index contributed by atoms with van der Waals surface area (Å²) in [4.78, 5) is 20.2. The highest BCUT2D eigenvalue weighted by Crippen LogP contribution is 2.30. The third-order valence-electron chi connectivity index (χ3n) is 4.90. The first-order valence-electron chi connectivity index (χ1n) is 9.32. The number of anilines is 1. The summed E-state index contributed by atoms with van der Waals surface area (Å²) in [6.07, 6.45) is 1.82. The van der Waals surface area contributed by atoms with E-state index in [4.69, 9.17) is 14.7 Å². The fourth-order valence-corrected chi connectivity index (χ4v) is 3.48. The first-order valence-corrected chi connectivity index (χ1v) is 9.32. The molecule has 0 radical (unpaired) electrons. The molecule has 0 saturated heterocycles. The van der Waals surface area contributed by atoms with Crippen LogP contribution in [-0.4, -0.2) is 38.7 Å². The van der Waals surface area contributed by atoms with Crippen molar-refractivity contribution in [2.45, 2.75) is 32.9 Å². The number of aromatic nitrogens is 4. The number of hydrogen-bond donors (Lipinski definition) is 1. The average Bonchev–Trinajstić information content (AvgIpc) is 2.72. The van der Waals surface area contributed by atoms with Gasteiger partial charge in [0.1, 0.15) is 23.5 Å². The maximum absolute atomic E-state index is 9.77. The largest absolute Gasteiger partial charge is 0.497 e. The third kappa shape index (κ3) is 3.53. The number of fused-ring (bicyclic) bond motifs is 1. The maximum Gasteiger partial charge on any atom is 0.158 e. The Morgan fingerprint density at radius 2 is 1.89 bits per heavy atom. The fraction of sp³-hybridized carbons (Fsp3) is 0.333. The molecule has 0 bridgehead atoms. The van der Waals surface area contributed by atoms with Gasteiger partial charge in [-0.15, -0.1) is 0 Å². The van der Waals surface area contributed by atoms with Gasteiger partial charge in [0.2, 0.25) is 0 Å². The molecule has 2 aromatic heterocycles. The van der Waals surface area contributed by atoms with Crippen LogP contribution >= 0.6 is 0 Å². The monoisotopic (exact) mass is 377 g/mol. The van der Waals surface area contributed by atoms with E-state index in [1.54, 1.807) is 20.2 Å². The van der Waals surface area contributed by atoms with Crippen LogP contribution in [0.25, 0.3) is 11.3 Å². The zero-order valence-electron chi connectivity index (χ0n) is 16.3. The number of aliphatic hydroxyl groups excluding tert-OH is 1. The van der Waals surface area contributed by atoms with E-state index < -0.39 is 6.10 Å². The third-order valence-corrected chi connectivity index (χ3v) is 4.90. The minimum Gasteiger partial charge on any atom is -0.497 e. The van der Waals surface area contributed by atoms with Crippen molar-refractivity contribution in [3.8, 4) is 17.0 Å². The van der Waals surface area contributed by atoms with Crippen molar-refractivity contribution in [3.05, 3.63) is 59.4 Å². The summed E-state index contributed by atoms with van der Waals surface area (Å²) >= 11 is 0. The Bertz CT molecular complexity index is 989. The number of aliphatic hydroxyl groups is 1. The van der Waals surface area contributed by atoms with E-state index in [9.17, 15) is 5.11 Å². The highest BCUT2D eigenvalue weighted by molar-refractivity contribution is 5.66. The van der Waals surface area contributed by atoms with Crippen LogP contribution in [0.3, 0.4) is 0 Å².